The monoisotopic (exact) mass is 445 g/mol. The van der Waals surface area contributed by atoms with Gasteiger partial charge in [0.15, 0.2) is 22.5 Å². The fraction of sp³-hybridized carbons (Fsp3) is 0.591. The van der Waals surface area contributed by atoms with Gasteiger partial charge >= 0.3 is 0 Å². The zero-order valence-electron chi connectivity index (χ0n) is 18.9. The minimum Gasteiger partial charge on any atom is -0.355 e. The van der Waals surface area contributed by atoms with Crippen LogP contribution in [0, 0.1) is 13.8 Å². The molecule has 1 fully saturated rings. The molecule has 9 heteroatoms. The third-order valence-corrected chi connectivity index (χ3v) is 6.88. The lowest BCUT2D eigenvalue weighted by Gasteiger charge is -2.20. The first-order chi connectivity index (χ1) is 14.7. The Balaban J connectivity index is 1.77. The average Bonchev–Trinajstić information content (AvgIpc) is 3.16. The Morgan fingerprint density at radius 2 is 1.94 bits per heavy atom. The van der Waals surface area contributed by atoms with Crippen molar-refractivity contribution in [2.75, 3.05) is 6.54 Å². The standard InChI is InChI=1S/C22H31N5O3S/c1-6-27-17(12-26-11-9-7-8-10-18(26)29)24-25-22(27)31-16(5)21(30)20-13(2)19(15(4)28)14(3)23-20/h16,23H,6-12H2,1-5H3/t16-/m0/s1. The van der Waals surface area contributed by atoms with Gasteiger partial charge in [0.25, 0.3) is 0 Å². The van der Waals surface area contributed by atoms with Gasteiger partial charge in [-0.3, -0.25) is 14.4 Å². The number of thioether (sulfide) groups is 1. The summed E-state index contributed by atoms with van der Waals surface area (Å²) < 4.78 is 1.97. The summed E-state index contributed by atoms with van der Waals surface area (Å²) in [6, 6.07) is 0. The summed E-state index contributed by atoms with van der Waals surface area (Å²) in [5.41, 5.74) is 2.47. The molecule has 3 heterocycles. The molecule has 1 aliphatic rings. The van der Waals surface area contributed by atoms with E-state index in [0.29, 0.717) is 47.2 Å². The van der Waals surface area contributed by atoms with Crippen LogP contribution in [0.5, 0.6) is 0 Å². The molecule has 0 unspecified atom stereocenters. The highest BCUT2D eigenvalue weighted by molar-refractivity contribution is 8.00. The van der Waals surface area contributed by atoms with Crippen molar-refractivity contribution in [1.82, 2.24) is 24.6 Å². The number of aromatic amines is 1. The van der Waals surface area contributed by atoms with Crippen LogP contribution in [-0.2, 0) is 17.9 Å². The maximum atomic E-state index is 13.1. The molecule has 8 nitrogen and oxygen atoms in total. The molecule has 2 aromatic rings. The molecule has 2 aromatic heterocycles. The summed E-state index contributed by atoms with van der Waals surface area (Å²) in [6.45, 7) is 10.8. The van der Waals surface area contributed by atoms with E-state index in [1.165, 1.54) is 18.7 Å². The first-order valence-corrected chi connectivity index (χ1v) is 11.7. The number of likely N-dealkylation sites (tertiary alicyclic amines) is 1. The smallest absolute Gasteiger partial charge is 0.222 e. The van der Waals surface area contributed by atoms with E-state index in [1.807, 2.05) is 30.2 Å². The van der Waals surface area contributed by atoms with E-state index < -0.39 is 5.25 Å². The largest absolute Gasteiger partial charge is 0.355 e. The molecule has 3 rings (SSSR count). The number of hydrogen-bond donors (Lipinski definition) is 1. The molecular formula is C22H31N5O3S. The number of hydrogen-bond acceptors (Lipinski definition) is 6. The van der Waals surface area contributed by atoms with Gasteiger partial charge in [0.2, 0.25) is 5.91 Å². The van der Waals surface area contributed by atoms with Crippen molar-refractivity contribution < 1.29 is 14.4 Å². The number of carbonyl (C=O) groups excluding carboxylic acids is 3. The number of H-pyrrole nitrogens is 1. The van der Waals surface area contributed by atoms with Gasteiger partial charge in [-0.2, -0.15) is 0 Å². The van der Waals surface area contributed by atoms with Crippen molar-refractivity contribution in [1.29, 1.82) is 0 Å². The number of aryl methyl sites for hydroxylation is 1. The van der Waals surface area contributed by atoms with Gasteiger partial charge < -0.3 is 14.5 Å². The zero-order chi connectivity index (χ0) is 22.7. The molecule has 1 N–H and O–H groups in total. The number of aromatic nitrogens is 4. The molecule has 0 bridgehead atoms. The predicted molar refractivity (Wildman–Crippen MR) is 120 cm³/mol. The number of amides is 1. The molecule has 31 heavy (non-hydrogen) atoms. The molecule has 0 spiro atoms. The molecule has 1 aliphatic heterocycles. The number of carbonyl (C=O) groups is 3. The van der Waals surface area contributed by atoms with Crippen LogP contribution in [0.1, 0.15) is 84.4 Å². The van der Waals surface area contributed by atoms with Gasteiger partial charge in [-0.05, 0) is 53.0 Å². The van der Waals surface area contributed by atoms with Crippen LogP contribution in [0.15, 0.2) is 5.16 Å². The predicted octanol–water partition coefficient (Wildman–Crippen LogP) is 3.71. The molecule has 0 aromatic carbocycles. The number of nitrogens with one attached hydrogen (secondary N) is 1. The Morgan fingerprint density at radius 3 is 2.58 bits per heavy atom. The molecular weight excluding hydrogens is 414 g/mol. The van der Waals surface area contributed by atoms with Crippen molar-refractivity contribution in [3.63, 3.8) is 0 Å². The Bertz CT molecular complexity index is 994. The Kier molecular flexibility index (Phi) is 7.35. The van der Waals surface area contributed by atoms with E-state index >= 15 is 0 Å². The fourth-order valence-corrected chi connectivity index (χ4v) is 5.15. The molecule has 0 saturated carbocycles. The fourth-order valence-electron chi connectivity index (χ4n) is 4.16. The van der Waals surface area contributed by atoms with Crippen LogP contribution in [0.4, 0.5) is 0 Å². The lowest BCUT2D eigenvalue weighted by atomic mass is 10.0. The average molecular weight is 446 g/mol. The molecule has 1 saturated heterocycles. The third-order valence-electron chi connectivity index (χ3n) is 5.80. The van der Waals surface area contributed by atoms with E-state index in [1.54, 1.807) is 6.92 Å². The van der Waals surface area contributed by atoms with Gasteiger partial charge in [0.05, 0.1) is 17.5 Å². The highest BCUT2D eigenvalue weighted by Crippen LogP contribution is 2.28. The van der Waals surface area contributed by atoms with Crippen molar-refractivity contribution in [3.05, 3.63) is 28.3 Å². The van der Waals surface area contributed by atoms with Crippen LogP contribution in [-0.4, -0.2) is 53.9 Å². The lowest BCUT2D eigenvalue weighted by Crippen LogP contribution is -2.31. The SMILES string of the molecule is CCn1c(CN2CCCCCC2=O)nnc1S[C@@H](C)C(=O)c1[nH]c(C)c(C(C)=O)c1C. The summed E-state index contributed by atoms with van der Waals surface area (Å²) >= 11 is 1.35. The number of Topliss-reactive ketones (excluding diaryl/α,β-unsaturated/α-hetero) is 2. The van der Waals surface area contributed by atoms with E-state index in [2.05, 4.69) is 15.2 Å². The second-order valence-corrected chi connectivity index (χ2v) is 9.38. The Hall–Kier alpha value is -2.42. The summed E-state index contributed by atoms with van der Waals surface area (Å²) in [5.74, 6) is 0.780. The number of nitrogens with zero attached hydrogens (tertiary/aromatic N) is 4. The highest BCUT2D eigenvalue weighted by atomic mass is 32.2. The second kappa shape index (κ2) is 9.80. The summed E-state index contributed by atoms with van der Waals surface area (Å²) in [4.78, 5) is 42.3. The second-order valence-electron chi connectivity index (χ2n) is 8.07. The lowest BCUT2D eigenvalue weighted by molar-refractivity contribution is -0.131. The van der Waals surface area contributed by atoms with Crippen LogP contribution in [0.3, 0.4) is 0 Å². The molecule has 0 aliphatic carbocycles. The van der Waals surface area contributed by atoms with Gasteiger partial charge in [0, 0.05) is 30.8 Å². The van der Waals surface area contributed by atoms with Gasteiger partial charge in [-0.1, -0.05) is 18.2 Å². The first kappa shape index (κ1) is 23.2. The summed E-state index contributed by atoms with van der Waals surface area (Å²) in [5, 5.41) is 8.89. The van der Waals surface area contributed by atoms with Crippen molar-refractivity contribution in [2.24, 2.45) is 0 Å². The van der Waals surface area contributed by atoms with E-state index in [4.69, 9.17) is 0 Å². The van der Waals surface area contributed by atoms with Crippen LogP contribution in [0.25, 0.3) is 0 Å². The molecule has 1 amide bonds. The van der Waals surface area contributed by atoms with Crippen molar-refractivity contribution in [3.8, 4) is 0 Å². The van der Waals surface area contributed by atoms with Crippen LogP contribution >= 0.6 is 11.8 Å². The van der Waals surface area contributed by atoms with Crippen molar-refractivity contribution in [2.45, 2.75) is 83.8 Å². The Morgan fingerprint density at radius 1 is 1.19 bits per heavy atom. The highest BCUT2D eigenvalue weighted by Gasteiger charge is 2.27. The third kappa shape index (κ3) is 4.92. The van der Waals surface area contributed by atoms with Gasteiger partial charge in [0.1, 0.15) is 0 Å². The van der Waals surface area contributed by atoms with E-state index in [-0.39, 0.29) is 17.5 Å². The topological polar surface area (TPSA) is 101 Å². The quantitative estimate of drug-likeness (QED) is 0.491. The van der Waals surface area contributed by atoms with Crippen LogP contribution in [0.2, 0.25) is 0 Å². The van der Waals surface area contributed by atoms with Crippen LogP contribution < -0.4 is 0 Å². The molecule has 1 atom stereocenters. The minimum absolute atomic E-state index is 0.0518. The molecule has 0 radical (unpaired) electrons. The van der Waals surface area contributed by atoms with Gasteiger partial charge in [-0.25, -0.2) is 0 Å². The van der Waals surface area contributed by atoms with E-state index in [9.17, 15) is 14.4 Å². The number of ketones is 2. The first-order valence-electron chi connectivity index (χ1n) is 10.8. The normalized spacial score (nSPS) is 15.8. The van der Waals surface area contributed by atoms with Crippen molar-refractivity contribution >= 4 is 29.2 Å². The number of rotatable bonds is 8. The minimum atomic E-state index is -0.404. The summed E-state index contributed by atoms with van der Waals surface area (Å²) in [6.07, 6.45) is 3.62. The Labute approximate surface area is 187 Å². The maximum Gasteiger partial charge on any atom is 0.222 e. The van der Waals surface area contributed by atoms with Gasteiger partial charge in [-0.15, -0.1) is 10.2 Å². The zero-order valence-corrected chi connectivity index (χ0v) is 19.8. The maximum absolute atomic E-state index is 13.1. The summed E-state index contributed by atoms with van der Waals surface area (Å²) in [7, 11) is 0. The molecule has 168 valence electrons. The van der Waals surface area contributed by atoms with E-state index in [0.717, 1.165) is 31.6 Å².